The molecule has 0 saturated carbocycles. The van der Waals surface area contributed by atoms with Crippen molar-refractivity contribution in [3.8, 4) is 0 Å². The third kappa shape index (κ3) is 2.71. The Morgan fingerprint density at radius 1 is 1.17 bits per heavy atom. The number of hydrogen-bond donors (Lipinski definition) is 2. The molecule has 0 aliphatic carbocycles. The lowest BCUT2D eigenvalue weighted by atomic mass is 10.2. The highest BCUT2D eigenvalue weighted by Crippen LogP contribution is 2.21. The summed E-state index contributed by atoms with van der Waals surface area (Å²) in [5, 5.41) is 13.2. The van der Waals surface area contributed by atoms with E-state index in [1.54, 1.807) is 18.3 Å². The Bertz CT molecular complexity index is 1070. The molecule has 24 heavy (non-hydrogen) atoms. The average molecular weight is 385 g/mol. The third-order valence-electron chi connectivity index (χ3n) is 3.44. The van der Waals surface area contributed by atoms with Crippen LogP contribution in [0.2, 0.25) is 0 Å². The first-order valence-corrected chi connectivity index (χ1v) is 7.85. The summed E-state index contributed by atoms with van der Waals surface area (Å²) in [5.74, 6) is -0.0524. The van der Waals surface area contributed by atoms with Crippen LogP contribution < -0.4 is 5.43 Å². The van der Waals surface area contributed by atoms with Gasteiger partial charge in [-0.3, -0.25) is 0 Å². The predicted octanol–water partition coefficient (Wildman–Crippen LogP) is 3.85. The zero-order valence-electron chi connectivity index (χ0n) is 12.2. The summed E-state index contributed by atoms with van der Waals surface area (Å²) in [5.41, 5.74) is 5.74. The summed E-state index contributed by atoms with van der Waals surface area (Å²) >= 11 is 3.13. The van der Waals surface area contributed by atoms with E-state index in [-0.39, 0.29) is 11.8 Å². The maximum atomic E-state index is 13.2. The predicted molar refractivity (Wildman–Crippen MR) is 94.5 cm³/mol. The van der Waals surface area contributed by atoms with Gasteiger partial charge < -0.3 is 4.98 Å². The van der Waals surface area contributed by atoms with E-state index in [9.17, 15) is 4.39 Å². The van der Waals surface area contributed by atoms with Gasteiger partial charge in [0, 0.05) is 10.9 Å². The van der Waals surface area contributed by atoms with Gasteiger partial charge in [0.2, 0.25) is 0 Å². The summed E-state index contributed by atoms with van der Waals surface area (Å²) in [4.78, 5) is 7.54. The first-order chi connectivity index (χ1) is 11.7. The topological polar surface area (TPSA) is 78.8 Å². The number of aromatic amines is 1. The molecule has 0 bridgehead atoms. The SMILES string of the molecule is Fc1ccc(/C=N\Nc2nnc3c(n2)[nH]c2ccccc23)cc1Br. The molecule has 0 spiro atoms. The number of fused-ring (bicyclic) bond motifs is 3. The summed E-state index contributed by atoms with van der Waals surface area (Å²) < 4.78 is 13.6. The normalized spacial score (nSPS) is 11.6. The van der Waals surface area contributed by atoms with Crippen LogP contribution in [0.3, 0.4) is 0 Å². The van der Waals surface area contributed by atoms with E-state index in [0.29, 0.717) is 15.6 Å². The second-order valence-electron chi connectivity index (χ2n) is 5.05. The molecule has 2 N–H and O–H groups in total. The number of nitrogens with one attached hydrogen (secondary N) is 2. The van der Waals surface area contributed by atoms with Crippen molar-refractivity contribution in [3.05, 3.63) is 58.3 Å². The Labute approximate surface area is 144 Å². The molecule has 118 valence electrons. The van der Waals surface area contributed by atoms with E-state index < -0.39 is 0 Å². The Morgan fingerprint density at radius 2 is 2.04 bits per heavy atom. The number of hydrazone groups is 1. The van der Waals surface area contributed by atoms with Gasteiger partial charge in [0.15, 0.2) is 5.65 Å². The molecule has 4 rings (SSSR count). The van der Waals surface area contributed by atoms with Gasteiger partial charge in [-0.25, -0.2) is 9.82 Å². The van der Waals surface area contributed by atoms with Crippen molar-refractivity contribution in [2.24, 2.45) is 5.10 Å². The van der Waals surface area contributed by atoms with Crippen LogP contribution in [-0.2, 0) is 0 Å². The van der Waals surface area contributed by atoms with Gasteiger partial charge in [0.1, 0.15) is 11.3 Å². The number of benzene rings is 2. The Hall–Kier alpha value is -2.87. The number of para-hydroxylation sites is 1. The molecule has 2 heterocycles. The number of halogens is 2. The number of rotatable bonds is 3. The second-order valence-corrected chi connectivity index (χ2v) is 5.90. The van der Waals surface area contributed by atoms with E-state index in [0.717, 1.165) is 16.5 Å². The Balaban J connectivity index is 1.59. The molecule has 6 nitrogen and oxygen atoms in total. The van der Waals surface area contributed by atoms with Crippen LogP contribution in [0.25, 0.3) is 22.1 Å². The summed E-state index contributed by atoms with van der Waals surface area (Å²) in [6.45, 7) is 0. The fraction of sp³-hybridized carbons (Fsp3) is 0. The third-order valence-corrected chi connectivity index (χ3v) is 4.05. The van der Waals surface area contributed by atoms with Crippen molar-refractivity contribution in [2.45, 2.75) is 0 Å². The lowest BCUT2D eigenvalue weighted by Gasteiger charge is -1.98. The molecule has 0 fully saturated rings. The number of aromatic nitrogens is 4. The van der Waals surface area contributed by atoms with Crippen LogP contribution in [0.4, 0.5) is 10.3 Å². The Morgan fingerprint density at radius 3 is 2.92 bits per heavy atom. The van der Waals surface area contributed by atoms with E-state index in [1.165, 1.54) is 6.07 Å². The van der Waals surface area contributed by atoms with E-state index in [1.807, 2.05) is 24.3 Å². The zero-order valence-corrected chi connectivity index (χ0v) is 13.7. The fourth-order valence-corrected chi connectivity index (χ4v) is 2.72. The highest BCUT2D eigenvalue weighted by Gasteiger charge is 2.07. The summed E-state index contributed by atoms with van der Waals surface area (Å²) in [6.07, 6.45) is 1.54. The van der Waals surface area contributed by atoms with E-state index in [4.69, 9.17) is 0 Å². The molecule has 2 aromatic carbocycles. The quantitative estimate of drug-likeness (QED) is 0.415. The zero-order chi connectivity index (χ0) is 16.5. The molecule has 8 heteroatoms. The van der Waals surface area contributed by atoms with E-state index in [2.05, 4.69) is 46.6 Å². The molecule has 0 amide bonds. The number of H-pyrrole nitrogens is 1. The Kier molecular flexibility index (Phi) is 3.66. The molecular weight excluding hydrogens is 375 g/mol. The molecule has 0 radical (unpaired) electrons. The molecule has 0 saturated heterocycles. The standard InChI is InChI=1S/C16H10BrFN6/c17-11-7-9(5-6-12(11)18)8-19-23-16-21-15-14(22-24-16)10-3-1-2-4-13(10)20-15/h1-8H,(H2,20,21,23,24)/b19-8-. The van der Waals surface area contributed by atoms with Crippen LogP contribution >= 0.6 is 15.9 Å². The average Bonchev–Trinajstić information content (AvgIpc) is 2.96. The molecular formula is C16H10BrFN6. The first-order valence-electron chi connectivity index (χ1n) is 7.06. The minimum absolute atomic E-state index is 0.270. The van der Waals surface area contributed by atoms with Gasteiger partial charge in [-0.1, -0.05) is 24.3 Å². The van der Waals surface area contributed by atoms with Crippen LogP contribution in [0, 0.1) is 5.82 Å². The van der Waals surface area contributed by atoms with Crippen molar-refractivity contribution in [1.82, 2.24) is 20.2 Å². The maximum Gasteiger partial charge on any atom is 0.265 e. The molecule has 4 aromatic rings. The number of hydrogen-bond acceptors (Lipinski definition) is 5. The van der Waals surface area contributed by atoms with Gasteiger partial charge >= 0.3 is 0 Å². The van der Waals surface area contributed by atoms with Gasteiger partial charge in [-0.05, 0) is 39.7 Å². The van der Waals surface area contributed by atoms with Gasteiger partial charge in [-0.2, -0.15) is 10.1 Å². The summed E-state index contributed by atoms with van der Waals surface area (Å²) in [7, 11) is 0. The highest BCUT2D eigenvalue weighted by molar-refractivity contribution is 9.10. The number of anilines is 1. The van der Waals surface area contributed by atoms with Crippen LogP contribution in [0.5, 0.6) is 0 Å². The first kappa shape index (κ1) is 14.7. The molecule has 0 atom stereocenters. The molecule has 0 unspecified atom stereocenters. The second kappa shape index (κ2) is 5.97. The van der Waals surface area contributed by atoms with Crippen LogP contribution in [-0.4, -0.2) is 26.4 Å². The molecule has 0 aliphatic rings. The lowest BCUT2D eigenvalue weighted by Crippen LogP contribution is -1.99. The van der Waals surface area contributed by atoms with Gasteiger partial charge in [-0.15, -0.1) is 10.2 Å². The maximum absolute atomic E-state index is 13.2. The van der Waals surface area contributed by atoms with Crippen molar-refractivity contribution in [1.29, 1.82) is 0 Å². The molecule has 0 aliphatic heterocycles. The minimum Gasteiger partial charge on any atom is -0.338 e. The minimum atomic E-state index is -0.322. The van der Waals surface area contributed by atoms with Crippen LogP contribution in [0.1, 0.15) is 5.56 Å². The van der Waals surface area contributed by atoms with Gasteiger partial charge in [0.25, 0.3) is 5.95 Å². The lowest BCUT2D eigenvalue weighted by molar-refractivity contribution is 0.621. The fourth-order valence-electron chi connectivity index (χ4n) is 2.33. The van der Waals surface area contributed by atoms with Crippen molar-refractivity contribution >= 4 is 50.2 Å². The smallest absolute Gasteiger partial charge is 0.265 e. The number of nitrogens with zero attached hydrogens (tertiary/aromatic N) is 4. The van der Waals surface area contributed by atoms with Gasteiger partial charge in [0.05, 0.1) is 10.7 Å². The summed E-state index contributed by atoms with van der Waals surface area (Å²) in [6, 6.07) is 12.4. The van der Waals surface area contributed by atoms with Crippen molar-refractivity contribution < 1.29 is 4.39 Å². The van der Waals surface area contributed by atoms with Crippen molar-refractivity contribution in [2.75, 3.05) is 5.43 Å². The van der Waals surface area contributed by atoms with Crippen molar-refractivity contribution in [3.63, 3.8) is 0 Å². The molecule has 2 aromatic heterocycles. The monoisotopic (exact) mass is 384 g/mol. The van der Waals surface area contributed by atoms with Crippen LogP contribution in [0.15, 0.2) is 52.0 Å². The highest BCUT2D eigenvalue weighted by atomic mass is 79.9. The largest absolute Gasteiger partial charge is 0.338 e. The van der Waals surface area contributed by atoms with E-state index >= 15 is 0 Å².